The molecule has 0 spiro atoms. The Bertz CT molecular complexity index is 2130. The molecule has 5 aromatic rings. The highest BCUT2D eigenvalue weighted by atomic mass is 32.2. The number of aromatic hydroxyl groups is 1. The molecule has 2 N–H and O–H groups in total. The zero-order valence-corrected chi connectivity index (χ0v) is 28.9. The summed E-state index contributed by atoms with van der Waals surface area (Å²) < 4.78 is 40.9. The van der Waals surface area contributed by atoms with Crippen molar-refractivity contribution < 1.29 is 37.4 Å². The summed E-state index contributed by atoms with van der Waals surface area (Å²) in [7, 11) is -1.43. The number of nitrogens with zero attached hydrogens (tertiary/aromatic N) is 2. The number of methoxy groups -OCH3 is 2. The van der Waals surface area contributed by atoms with Gasteiger partial charge < -0.3 is 14.6 Å². The van der Waals surface area contributed by atoms with Crippen LogP contribution >= 0.6 is 23.1 Å². The fourth-order valence-corrected chi connectivity index (χ4v) is 8.81. The van der Waals surface area contributed by atoms with E-state index in [2.05, 4.69) is 9.71 Å². The van der Waals surface area contributed by atoms with E-state index < -0.39 is 22.0 Å². The third kappa shape index (κ3) is 7.47. The Morgan fingerprint density at radius 1 is 0.980 bits per heavy atom. The monoisotopic (exact) mass is 717 g/mol. The second-order valence-corrected chi connectivity index (χ2v) is 15.2. The number of amides is 2. The first-order valence-corrected chi connectivity index (χ1v) is 18.3. The smallest absolute Gasteiger partial charge is 0.324 e. The van der Waals surface area contributed by atoms with Crippen LogP contribution < -0.4 is 9.46 Å². The van der Waals surface area contributed by atoms with Crippen LogP contribution in [0, 0.1) is 0 Å². The lowest BCUT2D eigenvalue weighted by Gasteiger charge is -2.18. The largest absolute Gasteiger partial charge is 0.508 e. The summed E-state index contributed by atoms with van der Waals surface area (Å²) in [5.41, 5.74) is 2.50. The molecule has 0 radical (unpaired) electrons. The van der Waals surface area contributed by atoms with Gasteiger partial charge in [-0.25, -0.2) is 13.4 Å². The van der Waals surface area contributed by atoms with Crippen LogP contribution in [0.25, 0.3) is 10.2 Å². The molecule has 2 amide bonds. The Morgan fingerprint density at radius 2 is 1.69 bits per heavy atom. The number of ether oxygens (including phenoxy) is 2. The first kappa shape index (κ1) is 34.1. The second kappa shape index (κ2) is 14.4. The highest BCUT2D eigenvalue weighted by molar-refractivity contribution is 8.01. The van der Waals surface area contributed by atoms with Crippen molar-refractivity contribution in [2.24, 2.45) is 0 Å². The van der Waals surface area contributed by atoms with E-state index in [0.29, 0.717) is 39.7 Å². The molecule has 4 aromatic carbocycles. The average molecular weight is 718 g/mol. The number of phenols is 1. The van der Waals surface area contributed by atoms with Crippen LogP contribution in [0.15, 0.2) is 99.1 Å². The second-order valence-electron chi connectivity index (χ2n) is 11.2. The number of rotatable bonds is 13. The van der Waals surface area contributed by atoms with Gasteiger partial charge in [-0.05, 0) is 84.6 Å². The zero-order valence-electron chi connectivity index (χ0n) is 26.4. The van der Waals surface area contributed by atoms with Crippen molar-refractivity contribution in [1.82, 2.24) is 14.6 Å². The summed E-state index contributed by atoms with van der Waals surface area (Å²) in [5, 5.41) is 10.8. The molecule has 0 bridgehead atoms. The van der Waals surface area contributed by atoms with E-state index in [1.54, 1.807) is 49.6 Å². The maximum Gasteiger partial charge on any atom is 0.324 e. The van der Waals surface area contributed by atoms with Gasteiger partial charge in [-0.1, -0.05) is 36.0 Å². The number of hydrogen-bond acceptors (Lipinski definition) is 11. The SMILES string of the molecule is COC(=O)[C@@H](Cc1ccc(CCCN2C(=O)c3ccccc3C2=O)cc1O)NS(=O)(=O)c1ccc2nc(Sc3ccc(OC)cc3)sc2c1. The van der Waals surface area contributed by atoms with E-state index in [1.165, 1.54) is 46.2 Å². The van der Waals surface area contributed by atoms with Crippen LogP contribution in [0.4, 0.5) is 0 Å². The molecule has 2 heterocycles. The average Bonchev–Trinajstić information content (AvgIpc) is 3.62. The van der Waals surface area contributed by atoms with Gasteiger partial charge in [0.2, 0.25) is 10.0 Å². The Labute approximate surface area is 290 Å². The molecule has 1 aliphatic heterocycles. The Morgan fingerprint density at radius 3 is 2.35 bits per heavy atom. The number of hydrogen-bond donors (Lipinski definition) is 2. The minimum atomic E-state index is -4.19. The number of imide groups is 1. The first-order valence-electron chi connectivity index (χ1n) is 15.1. The molecule has 14 heteroatoms. The van der Waals surface area contributed by atoms with Gasteiger partial charge in [-0.2, -0.15) is 4.72 Å². The summed E-state index contributed by atoms with van der Waals surface area (Å²) in [6, 6.07) is 22.3. The van der Waals surface area contributed by atoms with E-state index in [0.717, 1.165) is 27.7 Å². The molecule has 1 aliphatic rings. The van der Waals surface area contributed by atoms with Gasteiger partial charge in [0.05, 0.1) is 40.5 Å². The standard InChI is InChI=1S/C35H31N3O8S3/c1-45-23-11-13-24(14-12-23)47-35-36-28-16-15-25(20-31(28)48-35)49(43,44)37-29(34(42)46-2)19-22-10-9-21(18-30(22)39)6-5-17-38-32(40)26-7-3-4-8-27(26)33(38)41/h3-4,7-16,18,20,29,37,39H,5-6,17,19H2,1-2H3/t29-/m1/s1. The summed E-state index contributed by atoms with van der Waals surface area (Å²) in [5.74, 6) is -0.848. The zero-order chi connectivity index (χ0) is 34.7. The minimum Gasteiger partial charge on any atom is -0.508 e. The Kier molecular flexibility index (Phi) is 10.0. The van der Waals surface area contributed by atoms with Crippen LogP contribution in [0.1, 0.15) is 38.3 Å². The lowest BCUT2D eigenvalue weighted by molar-refractivity contribution is -0.142. The number of phenolic OH excluding ortho intramolecular Hbond substituents is 1. The molecular weight excluding hydrogens is 687 g/mol. The van der Waals surface area contributed by atoms with E-state index in [4.69, 9.17) is 9.47 Å². The molecule has 0 saturated carbocycles. The summed E-state index contributed by atoms with van der Waals surface area (Å²) >= 11 is 2.79. The molecule has 0 saturated heterocycles. The molecule has 11 nitrogen and oxygen atoms in total. The van der Waals surface area contributed by atoms with Crippen molar-refractivity contribution in [3.63, 3.8) is 0 Å². The number of sulfonamides is 1. The maximum atomic E-state index is 13.5. The van der Waals surface area contributed by atoms with Crippen molar-refractivity contribution in [2.45, 2.75) is 39.4 Å². The molecule has 252 valence electrons. The number of benzene rings is 4. The number of esters is 1. The third-order valence-corrected chi connectivity index (χ3v) is 11.6. The quantitative estimate of drug-likeness (QED) is 0.119. The van der Waals surface area contributed by atoms with Crippen molar-refractivity contribution in [1.29, 1.82) is 0 Å². The number of carbonyl (C=O) groups is 3. The topological polar surface area (TPSA) is 152 Å². The fourth-order valence-electron chi connectivity index (χ4n) is 5.45. The Balaban J connectivity index is 1.10. The van der Waals surface area contributed by atoms with Crippen molar-refractivity contribution in [2.75, 3.05) is 20.8 Å². The van der Waals surface area contributed by atoms with Crippen LogP contribution in [-0.2, 0) is 32.4 Å². The van der Waals surface area contributed by atoms with Crippen LogP contribution in [0.3, 0.4) is 0 Å². The van der Waals surface area contributed by atoms with Crippen LogP contribution in [0.5, 0.6) is 11.5 Å². The number of aromatic nitrogens is 1. The molecule has 1 aromatic heterocycles. The van der Waals surface area contributed by atoms with Crippen LogP contribution in [0.2, 0.25) is 0 Å². The van der Waals surface area contributed by atoms with Gasteiger partial charge in [0.15, 0.2) is 4.34 Å². The fraction of sp³-hybridized carbons (Fsp3) is 0.200. The molecule has 49 heavy (non-hydrogen) atoms. The number of fused-ring (bicyclic) bond motifs is 2. The molecule has 0 aliphatic carbocycles. The first-order chi connectivity index (χ1) is 23.6. The minimum absolute atomic E-state index is 0.0452. The number of thiazole rings is 1. The third-order valence-electron chi connectivity index (χ3n) is 8.00. The van der Waals surface area contributed by atoms with Gasteiger partial charge in [0.1, 0.15) is 17.5 Å². The summed E-state index contributed by atoms with van der Waals surface area (Å²) in [6.07, 6.45) is 0.772. The predicted octanol–water partition coefficient (Wildman–Crippen LogP) is 5.45. The summed E-state index contributed by atoms with van der Waals surface area (Å²) in [6.45, 7) is 0.219. The highest BCUT2D eigenvalue weighted by Gasteiger charge is 2.34. The predicted molar refractivity (Wildman–Crippen MR) is 185 cm³/mol. The molecule has 6 rings (SSSR count). The van der Waals surface area contributed by atoms with Crippen molar-refractivity contribution in [3.8, 4) is 11.5 Å². The van der Waals surface area contributed by atoms with Gasteiger partial charge in [-0.15, -0.1) is 11.3 Å². The van der Waals surface area contributed by atoms with Gasteiger partial charge in [0.25, 0.3) is 11.8 Å². The molecule has 0 unspecified atom stereocenters. The van der Waals surface area contributed by atoms with Crippen molar-refractivity contribution in [3.05, 3.63) is 107 Å². The Hall–Kier alpha value is -4.76. The number of nitrogens with one attached hydrogen (secondary N) is 1. The van der Waals surface area contributed by atoms with E-state index in [-0.39, 0.29) is 35.4 Å². The van der Waals surface area contributed by atoms with Gasteiger partial charge in [-0.3, -0.25) is 19.3 Å². The van der Waals surface area contributed by atoms with Crippen LogP contribution in [-0.4, -0.2) is 68.0 Å². The molecular formula is C35H31N3O8S3. The van der Waals surface area contributed by atoms with Gasteiger partial charge >= 0.3 is 5.97 Å². The molecule has 0 fully saturated rings. The van der Waals surface area contributed by atoms with E-state index in [9.17, 15) is 27.9 Å². The highest BCUT2D eigenvalue weighted by Crippen LogP contribution is 2.36. The lowest BCUT2D eigenvalue weighted by atomic mass is 10.0. The summed E-state index contributed by atoms with van der Waals surface area (Å²) in [4.78, 5) is 44.7. The lowest BCUT2D eigenvalue weighted by Crippen LogP contribution is -2.43. The maximum absolute atomic E-state index is 13.5. The normalized spacial score (nSPS) is 13.5. The number of carbonyl (C=O) groups excluding carboxylic acids is 3. The van der Waals surface area contributed by atoms with Crippen molar-refractivity contribution >= 4 is 61.1 Å². The number of aryl methyl sites for hydroxylation is 1. The van der Waals surface area contributed by atoms with Gasteiger partial charge in [0, 0.05) is 17.9 Å². The molecule has 1 atom stereocenters. The van der Waals surface area contributed by atoms with E-state index >= 15 is 0 Å². The van der Waals surface area contributed by atoms with E-state index in [1.807, 2.05) is 24.3 Å².